The van der Waals surface area contributed by atoms with E-state index < -0.39 is 0 Å². The summed E-state index contributed by atoms with van der Waals surface area (Å²) >= 11 is 0. The lowest BCUT2D eigenvalue weighted by Gasteiger charge is -2.34. The molecule has 2 heteroatoms. The smallest absolute Gasteiger partial charge is 0.0222 e. The molecule has 0 spiro atoms. The molecular weight excluding hydrogens is 184 g/mol. The molecule has 82 valence electrons. The van der Waals surface area contributed by atoms with Gasteiger partial charge in [-0.3, -0.25) is 0 Å². The molecule has 1 aromatic rings. The lowest BCUT2D eigenvalue weighted by molar-refractivity contribution is 0.284. The molecule has 0 bridgehead atoms. The fraction of sp³-hybridized carbons (Fsp3) is 0.538. The van der Waals surface area contributed by atoms with Gasteiger partial charge in [-0.15, -0.1) is 0 Å². The minimum atomic E-state index is 0.372. The Balaban J connectivity index is 1.90. The average Bonchev–Trinajstić information content (AvgIpc) is 2.21. The highest BCUT2D eigenvalue weighted by Gasteiger charge is 2.26. The van der Waals surface area contributed by atoms with E-state index in [1.165, 1.54) is 29.5 Å². The molecule has 2 nitrogen and oxygen atoms in total. The molecular formula is C13H20N2. The molecule has 0 saturated heterocycles. The van der Waals surface area contributed by atoms with Crippen LogP contribution in [0.25, 0.3) is 0 Å². The van der Waals surface area contributed by atoms with Gasteiger partial charge < -0.3 is 11.1 Å². The van der Waals surface area contributed by atoms with Crippen LogP contribution >= 0.6 is 0 Å². The maximum Gasteiger partial charge on any atom is 0.0222 e. The third-order valence-electron chi connectivity index (χ3n) is 3.47. The molecule has 0 aliphatic heterocycles. The third-order valence-corrected chi connectivity index (χ3v) is 3.47. The van der Waals surface area contributed by atoms with E-state index in [-0.39, 0.29) is 0 Å². The molecule has 2 rings (SSSR count). The van der Waals surface area contributed by atoms with E-state index in [1.54, 1.807) is 0 Å². The molecule has 2 unspecified atom stereocenters. The van der Waals surface area contributed by atoms with E-state index in [1.807, 2.05) is 0 Å². The minimum absolute atomic E-state index is 0.372. The molecule has 1 fully saturated rings. The van der Waals surface area contributed by atoms with Crippen molar-refractivity contribution in [3.8, 4) is 0 Å². The van der Waals surface area contributed by atoms with Gasteiger partial charge in [-0.25, -0.2) is 0 Å². The van der Waals surface area contributed by atoms with Crippen LogP contribution in [0.5, 0.6) is 0 Å². The highest BCUT2D eigenvalue weighted by atomic mass is 15.0. The molecule has 0 heterocycles. The summed E-state index contributed by atoms with van der Waals surface area (Å²) < 4.78 is 0. The third kappa shape index (κ3) is 2.39. The van der Waals surface area contributed by atoms with Crippen LogP contribution in [-0.4, -0.2) is 12.1 Å². The van der Waals surface area contributed by atoms with Crippen LogP contribution in [0, 0.1) is 13.8 Å². The van der Waals surface area contributed by atoms with E-state index in [4.69, 9.17) is 5.73 Å². The lowest BCUT2D eigenvalue weighted by Crippen LogP contribution is -2.52. The van der Waals surface area contributed by atoms with Crippen LogP contribution in [0.4, 0.5) is 0 Å². The van der Waals surface area contributed by atoms with Crippen LogP contribution in [0.15, 0.2) is 18.2 Å². The topological polar surface area (TPSA) is 38.0 Å². The van der Waals surface area contributed by atoms with Gasteiger partial charge in [0.1, 0.15) is 0 Å². The molecule has 3 N–H and O–H groups in total. The van der Waals surface area contributed by atoms with E-state index in [2.05, 4.69) is 37.4 Å². The summed E-state index contributed by atoms with van der Waals surface area (Å²) in [6.07, 6.45) is 2.40. The summed E-state index contributed by atoms with van der Waals surface area (Å²) in [4.78, 5) is 0. The van der Waals surface area contributed by atoms with Crippen molar-refractivity contribution in [1.29, 1.82) is 0 Å². The van der Waals surface area contributed by atoms with Gasteiger partial charge in [0.2, 0.25) is 0 Å². The molecule has 2 atom stereocenters. The van der Waals surface area contributed by atoms with Gasteiger partial charge in [0.25, 0.3) is 0 Å². The number of hydrogen-bond donors (Lipinski definition) is 2. The van der Waals surface area contributed by atoms with Crippen LogP contribution < -0.4 is 11.1 Å². The summed E-state index contributed by atoms with van der Waals surface area (Å²) in [5, 5.41) is 3.51. The standard InChI is InChI=1S/C13H20N2/c1-9-3-4-11(7-10(9)2)8-15-13-6-5-12(13)14/h3-4,7,12-13,15H,5-6,8,14H2,1-2H3. The van der Waals surface area contributed by atoms with Gasteiger partial charge >= 0.3 is 0 Å². The van der Waals surface area contributed by atoms with Crippen molar-refractivity contribution in [2.75, 3.05) is 0 Å². The van der Waals surface area contributed by atoms with E-state index in [0.717, 1.165) is 6.54 Å². The highest BCUT2D eigenvalue weighted by Crippen LogP contribution is 2.18. The van der Waals surface area contributed by atoms with Gasteiger partial charge in [0.05, 0.1) is 0 Å². The summed E-state index contributed by atoms with van der Waals surface area (Å²) in [6.45, 7) is 5.25. The summed E-state index contributed by atoms with van der Waals surface area (Å²) in [5.41, 5.74) is 9.96. The minimum Gasteiger partial charge on any atom is -0.326 e. The molecule has 1 aliphatic rings. The van der Waals surface area contributed by atoms with E-state index >= 15 is 0 Å². The van der Waals surface area contributed by atoms with Crippen molar-refractivity contribution in [1.82, 2.24) is 5.32 Å². The molecule has 1 aromatic carbocycles. The zero-order valence-electron chi connectivity index (χ0n) is 9.59. The SMILES string of the molecule is Cc1ccc(CNC2CCC2N)cc1C. The Morgan fingerprint density at radius 1 is 1.27 bits per heavy atom. The van der Waals surface area contributed by atoms with Crippen molar-refractivity contribution in [2.24, 2.45) is 5.73 Å². The Kier molecular flexibility index (Phi) is 3.08. The average molecular weight is 204 g/mol. The number of aryl methyl sites for hydroxylation is 2. The predicted octanol–water partition coefficient (Wildman–Crippen LogP) is 1.88. The molecule has 1 aliphatic carbocycles. The number of hydrogen-bond acceptors (Lipinski definition) is 2. The van der Waals surface area contributed by atoms with Gasteiger partial charge in [-0.1, -0.05) is 18.2 Å². The normalized spacial score (nSPS) is 25.0. The molecule has 0 aromatic heterocycles. The van der Waals surface area contributed by atoms with Gasteiger partial charge in [0.15, 0.2) is 0 Å². The summed E-state index contributed by atoms with van der Waals surface area (Å²) in [5.74, 6) is 0. The monoisotopic (exact) mass is 204 g/mol. The van der Waals surface area contributed by atoms with Crippen LogP contribution in [-0.2, 0) is 6.54 Å². The van der Waals surface area contributed by atoms with Crippen molar-refractivity contribution in [3.63, 3.8) is 0 Å². The van der Waals surface area contributed by atoms with Gasteiger partial charge in [0, 0.05) is 18.6 Å². The van der Waals surface area contributed by atoms with E-state index in [0.29, 0.717) is 12.1 Å². The number of benzene rings is 1. The number of rotatable bonds is 3. The second-order valence-electron chi connectivity index (χ2n) is 4.65. The van der Waals surface area contributed by atoms with Crippen molar-refractivity contribution < 1.29 is 0 Å². The van der Waals surface area contributed by atoms with Crippen molar-refractivity contribution in [3.05, 3.63) is 34.9 Å². The highest BCUT2D eigenvalue weighted by molar-refractivity contribution is 5.29. The van der Waals surface area contributed by atoms with E-state index in [9.17, 15) is 0 Å². The summed E-state index contributed by atoms with van der Waals surface area (Å²) in [7, 11) is 0. The zero-order chi connectivity index (χ0) is 10.8. The van der Waals surface area contributed by atoms with Crippen LogP contribution in [0.3, 0.4) is 0 Å². The van der Waals surface area contributed by atoms with Crippen molar-refractivity contribution in [2.45, 2.75) is 45.3 Å². The quantitative estimate of drug-likeness (QED) is 0.789. The maximum atomic E-state index is 5.88. The molecule has 1 saturated carbocycles. The first kappa shape index (κ1) is 10.7. The largest absolute Gasteiger partial charge is 0.326 e. The predicted molar refractivity (Wildman–Crippen MR) is 63.8 cm³/mol. The second-order valence-corrected chi connectivity index (χ2v) is 4.65. The fourth-order valence-electron chi connectivity index (χ4n) is 1.94. The molecule has 0 amide bonds. The van der Waals surface area contributed by atoms with Gasteiger partial charge in [-0.2, -0.15) is 0 Å². The first-order valence-electron chi connectivity index (χ1n) is 5.72. The maximum absolute atomic E-state index is 5.88. The Bertz CT molecular complexity index is 346. The Labute approximate surface area is 91.9 Å². The zero-order valence-corrected chi connectivity index (χ0v) is 9.59. The summed E-state index contributed by atoms with van der Waals surface area (Å²) in [6, 6.07) is 7.54. The first-order chi connectivity index (χ1) is 7.16. The number of nitrogens with one attached hydrogen (secondary N) is 1. The van der Waals surface area contributed by atoms with Gasteiger partial charge in [-0.05, 0) is 43.4 Å². The lowest BCUT2D eigenvalue weighted by atomic mass is 9.87. The van der Waals surface area contributed by atoms with Crippen LogP contribution in [0.1, 0.15) is 29.5 Å². The molecule has 0 radical (unpaired) electrons. The second kappa shape index (κ2) is 4.33. The van der Waals surface area contributed by atoms with Crippen molar-refractivity contribution >= 4 is 0 Å². The Hall–Kier alpha value is -0.860. The molecule has 15 heavy (non-hydrogen) atoms. The Morgan fingerprint density at radius 2 is 2.07 bits per heavy atom. The fourth-order valence-corrected chi connectivity index (χ4v) is 1.94. The first-order valence-corrected chi connectivity index (χ1v) is 5.72. The van der Waals surface area contributed by atoms with Crippen LogP contribution in [0.2, 0.25) is 0 Å². The Morgan fingerprint density at radius 3 is 2.60 bits per heavy atom. The number of nitrogens with two attached hydrogens (primary N) is 1.